The minimum absolute atomic E-state index is 0.118. The molecule has 1 fully saturated rings. The van der Waals surface area contributed by atoms with Crippen molar-refractivity contribution < 1.29 is 26.7 Å². The van der Waals surface area contributed by atoms with Crippen molar-refractivity contribution in [2.24, 2.45) is 11.8 Å². The highest BCUT2D eigenvalue weighted by Crippen LogP contribution is 2.32. The average Bonchev–Trinajstić information content (AvgIpc) is 3.13. The average molecular weight is 525 g/mol. The number of alkyl halides is 5. The Morgan fingerprint density at radius 2 is 1.71 bits per heavy atom. The molecular weight excluding hydrogens is 487 g/mol. The molecule has 2 aromatic rings. The minimum atomic E-state index is -4.36. The van der Waals surface area contributed by atoms with Gasteiger partial charge < -0.3 is 10.3 Å². The first-order valence-electron chi connectivity index (χ1n) is 11.8. The Labute approximate surface area is 209 Å². The van der Waals surface area contributed by atoms with Crippen molar-refractivity contribution >= 4 is 29.8 Å². The molecule has 1 aliphatic rings. The van der Waals surface area contributed by atoms with Gasteiger partial charge in [0.1, 0.15) is 5.82 Å². The van der Waals surface area contributed by atoms with Gasteiger partial charge in [0.15, 0.2) is 0 Å². The lowest BCUT2D eigenvalue weighted by Gasteiger charge is -2.20. The largest absolute Gasteiger partial charge is 0.392 e. The molecule has 3 rings (SSSR count). The summed E-state index contributed by atoms with van der Waals surface area (Å²) in [6.07, 6.45) is -2.27. The summed E-state index contributed by atoms with van der Waals surface area (Å²) in [6, 6.07) is 5.36. The van der Waals surface area contributed by atoms with E-state index in [1.54, 1.807) is 18.2 Å². The van der Waals surface area contributed by atoms with Crippen LogP contribution in [0.4, 0.5) is 22.0 Å². The summed E-state index contributed by atoms with van der Waals surface area (Å²) in [5.41, 5.74) is 2.34. The number of aromatic nitrogens is 2. The molecule has 200 valence electrons. The lowest BCUT2D eigenvalue weighted by Crippen LogP contribution is -2.29. The van der Waals surface area contributed by atoms with E-state index in [9.17, 15) is 26.7 Å². The fraction of sp³-hybridized carbons (Fsp3) is 0.667. The maximum atomic E-state index is 12.4. The molecule has 35 heavy (non-hydrogen) atoms. The summed E-state index contributed by atoms with van der Waals surface area (Å²) in [4.78, 5) is 19.0. The fourth-order valence-electron chi connectivity index (χ4n) is 3.11. The van der Waals surface area contributed by atoms with Crippen LogP contribution in [0.2, 0.25) is 0 Å². The molecule has 1 atom stereocenters. The molecule has 0 aliphatic heterocycles. The van der Waals surface area contributed by atoms with Crippen molar-refractivity contribution in [3.63, 3.8) is 0 Å². The van der Waals surface area contributed by atoms with E-state index in [1.165, 1.54) is 0 Å². The van der Waals surface area contributed by atoms with Crippen molar-refractivity contribution in [3.8, 4) is 0 Å². The Balaban J connectivity index is 0.000000419. The molecule has 0 radical (unpaired) electrons. The second-order valence-electron chi connectivity index (χ2n) is 9.44. The van der Waals surface area contributed by atoms with E-state index in [0.717, 1.165) is 41.7 Å². The Hall–Kier alpha value is -1.88. The Morgan fingerprint density at radius 3 is 2.20 bits per heavy atom. The van der Waals surface area contributed by atoms with Gasteiger partial charge in [-0.05, 0) is 36.5 Å². The highest BCUT2D eigenvalue weighted by Gasteiger charge is 2.37. The number of nitrogens with one attached hydrogen (secondary N) is 3. The van der Waals surface area contributed by atoms with E-state index >= 15 is 0 Å². The number of amides is 1. The van der Waals surface area contributed by atoms with Gasteiger partial charge in [-0.1, -0.05) is 53.0 Å². The predicted molar refractivity (Wildman–Crippen MR) is 132 cm³/mol. The summed E-state index contributed by atoms with van der Waals surface area (Å²) >= 11 is 3.90. The van der Waals surface area contributed by atoms with Crippen molar-refractivity contribution in [1.29, 1.82) is 0 Å². The number of benzene rings is 1. The summed E-state index contributed by atoms with van der Waals surface area (Å²) in [6.45, 7) is 8.13. The monoisotopic (exact) mass is 524 g/mol. The maximum Gasteiger partial charge on any atom is 0.392 e. The number of thiol groups is 1. The number of fused-ring (bicyclic) bond motifs is 1. The molecule has 0 bridgehead atoms. The number of carbonyl (C=O) groups excluding carboxylic acids is 1. The van der Waals surface area contributed by atoms with Crippen LogP contribution in [0.15, 0.2) is 18.2 Å². The van der Waals surface area contributed by atoms with Crippen LogP contribution in [-0.2, 0) is 17.9 Å². The molecule has 5 nitrogen and oxygen atoms in total. The SMILES string of the molecule is CC(C)C.CC(CC(=O)NCc1ccc2nc(CNS)[nH]c2c1)C(F)(F)F.FC1(F)CCCCC1. The van der Waals surface area contributed by atoms with Crippen molar-refractivity contribution in [3.05, 3.63) is 29.6 Å². The third-order valence-corrected chi connectivity index (χ3v) is 5.13. The number of H-pyrrole nitrogens is 1. The first-order chi connectivity index (χ1) is 16.2. The van der Waals surface area contributed by atoms with Crippen LogP contribution in [0.25, 0.3) is 11.0 Å². The van der Waals surface area contributed by atoms with E-state index in [-0.39, 0.29) is 19.4 Å². The molecule has 1 saturated carbocycles. The molecule has 1 aromatic heterocycles. The Morgan fingerprint density at radius 1 is 1.11 bits per heavy atom. The normalized spacial score (nSPS) is 16.1. The van der Waals surface area contributed by atoms with Crippen LogP contribution in [0.1, 0.15) is 77.6 Å². The second-order valence-corrected chi connectivity index (χ2v) is 9.76. The van der Waals surface area contributed by atoms with E-state index in [1.807, 2.05) is 0 Å². The highest BCUT2D eigenvalue weighted by molar-refractivity contribution is 7.78. The van der Waals surface area contributed by atoms with Gasteiger partial charge in [0.05, 0.1) is 23.5 Å². The van der Waals surface area contributed by atoms with Crippen molar-refractivity contribution in [2.75, 3.05) is 0 Å². The highest BCUT2D eigenvalue weighted by atomic mass is 32.1. The zero-order valence-electron chi connectivity index (χ0n) is 20.7. The summed E-state index contributed by atoms with van der Waals surface area (Å²) in [7, 11) is 0. The molecule has 1 heterocycles. The molecule has 0 saturated heterocycles. The lowest BCUT2D eigenvalue weighted by atomic mass is 9.97. The predicted octanol–water partition coefficient (Wildman–Crippen LogP) is 6.95. The van der Waals surface area contributed by atoms with Crippen molar-refractivity contribution in [1.82, 2.24) is 20.0 Å². The third-order valence-electron chi connectivity index (χ3n) is 4.97. The number of hydrogen-bond acceptors (Lipinski definition) is 4. The lowest BCUT2D eigenvalue weighted by molar-refractivity contribution is -0.174. The Kier molecular flexibility index (Phi) is 13.0. The number of nitrogens with zero attached hydrogens (tertiary/aromatic N) is 1. The van der Waals surface area contributed by atoms with Gasteiger partial charge in [-0.15, -0.1) is 0 Å². The summed E-state index contributed by atoms with van der Waals surface area (Å²) in [5.74, 6) is -3.05. The number of hydrogen-bond donors (Lipinski definition) is 4. The van der Waals surface area contributed by atoms with Crippen molar-refractivity contribution in [2.45, 2.75) is 91.4 Å². The zero-order valence-corrected chi connectivity index (χ0v) is 21.6. The molecular formula is C24H37F5N4OS. The fourth-order valence-corrected chi connectivity index (χ4v) is 3.26. The van der Waals surface area contributed by atoms with E-state index < -0.39 is 30.3 Å². The molecule has 1 amide bonds. The molecule has 1 unspecified atom stereocenters. The molecule has 1 aliphatic carbocycles. The standard InChI is InChI=1S/C14H17F3N4OS.C6H10F2.C4H10/c1-8(14(15,16)17)4-13(22)18-6-9-2-3-10-11(5-9)21-12(20-10)7-19-23;7-6(8)4-2-1-3-5-6;1-4(2)3/h2-3,5,8,19,23H,4,6-7H2,1H3,(H,18,22)(H,20,21);1-5H2;4H,1-3H3. The minimum Gasteiger partial charge on any atom is -0.352 e. The topological polar surface area (TPSA) is 69.8 Å². The number of aromatic amines is 1. The van der Waals surface area contributed by atoms with E-state index in [2.05, 4.69) is 53.6 Å². The van der Waals surface area contributed by atoms with Crippen LogP contribution < -0.4 is 10.0 Å². The van der Waals surface area contributed by atoms with Gasteiger partial charge in [-0.2, -0.15) is 13.2 Å². The third kappa shape index (κ3) is 13.1. The number of halogens is 5. The zero-order chi connectivity index (χ0) is 26.6. The van der Waals surface area contributed by atoms with E-state index in [4.69, 9.17) is 0 Å². The van der Waals surface area contributed by atoms with Crippen LogP contribution in [0.5, 0.6) is 0 Å². The first kappa shape index (κ1) is 31.2. The maximum absolute atomic E-state index is 12.4. The van der Waals surface area contributed by atoms with Gasteiger partial charge >= 0.3 is 6.18 Å². The molecule has 11 heteroatoms. The smallest absolute Gasteiger partial charge is 0.352 e. The van der Waals surface area contributed by atoms with Crippen LogP contribution in [0, 0.1) is 11.8 Å². The van der Waals surface area contributed by atoms with Gasteiger partial charge in [-0.3, -0.25) is 9.52 Å². The molecule has 3 N–H and O–H groups in total. The second kappa shape index (κ2) is 14.6. The van der Waals surface area contributed by atoms with Crippen LogP contribution >= 0.6 is 12.8 Å². The number of carbonyl (C=O) groups is 1. The quantitative estimate of drug-likeness (QED) is 0.244. The van der Waals surface area contributed by atoms with Gasteiger partial charge in [0.25, 0.3) is 0 Å². The van der Waals surface area contributed by atoms with Gasteiger partial charge in [0, 0.05) is 25.8 Å². The van der Waals surface area contributed by atoms with Crippen LogP contribution in [0.3, 0.4) is 0 Å². The number of rotatable bonds is 6. The van der Waals surface area contributed by atoms with E-state index in [0.29, 0.717) is 19.4 Å². The number of imidazole rings is 1. The van der Waals surface area contributed by atoms with Gasteiger partial charge in [0.2, 0.25) is 11.8 Å². The first-order valence-corrected chi connectivity index (χ1v) is 12.2. The molecule has 0 spiro atoms. The Bertz CT molecular complexity index is 891. The summed E-state index contributed by atoms with van der Waals surface area (Å²) < 4.78 is 64.3. The summed E-state index contributed by atoms with van der Waals surface area (Å²) in [5, 5.41) is 2.50. The van der Waals surface area contributed by atoms with Crippen LogP contribution in [-0.4, -0.2) is 28.0 Å². The van der Waals surface area contributed by atoms with Gasteiger partial charge in [-0.25, -0.2) is 13.8 Å². The molecule has 1 aromatic carbocycles.